The molecule has 5 unspecified atom stereocenters. The number of carbonyl (C=O) groups is 4. The van der Waals surface area contributed by atoms with Crippen molar-refractivity contribution in [3.63, 3.8) is 0 Å². The fraction of sp³-hybridized carbons (Fsp3) is 0.915. The fourth-order valence-electron chi connectivity index (χ4n) is 8.89. The van der Waals surface area contributed by atoms with Crippen LogP contribution in [0, 0.1) is 0 Å². The number of hydrogen-bond donors (Lipinski definition) is 12. The van der Waals surface area contributed by atoms with Crippen LogP contribution in [-0.2, 0) is 101 Å². The summed E-state index contributed by atoms with van der Waals surface area (Å²) in [5.41, 5.74) is -2.82. The number of likely N-dealkylation sites (tertiary alicyclic amines) is 1. The van der Waals surface area contributed by atoms with E-state index in [1.807, 2.05) is 0 Å². The molecule has 0 radical (unpaired) electrons. The summed E-state index contributed by atoms with van der Waals surface area (Å²) >= 11 is 5.43. The van der Waals surface area contributed by atoms with E-state index < -0.39 is 156 Å². The Morgan fingerprint density at radius 3 is 1.55 bits per heavy atom. The lowest BCUT2D eigenvalue weighted by molar-refractivity contribution is -0.272. The van der Waals surface area contributed by atoms with Gasteiger partial charge in [-0.25, -0.2) is 4.57 Å². The van der Waals surface area contributed by atoms with Crippen LogP contribution in [0.3, 0.4) is 0 Å². The summed E-state index contributed by atoms with van der Waals surface area (Å²) in [6.07, 6.45) is -9.82. The van der Waals surface area contributed by atoms with Gasteiger partial charge in [0.1, 0.15) is 67.6 Å². The Labute approximate surface area is 481 Å². The van der Waals surface area contributed by atoms with Crippen LogP contribution in [0.2, 0.25) is 0 Å². The summed E-state index contributed by atoms with van der Waals surface area (Å²) in [6.45, 7) is 1.32. The second-order valence-electron chi connectivity index (χ2n) is 19.3. The molecule has 0 bridgehead atoms. The number of phosphoric ester groups is 1. The zero-order valence-corrected chi connectivity index (χ0v) is 49.8. The normalized spacial score (nSPS) is 28.6. The maximum atomic E-state index is 13.4. The largest absolute Gasteiger partial charge is 0.471 e. The lowest BCUT2D eigenvalue weighted by atomic mass is 9.87. The van der Waals surface area contributed by atoms with E-state index in [2.05, 4.69) is 20.5 Å². The Balaban J connectivity index is 1.39. The highest BCUT2D eigenvalue weighted by Crippen LogP contribution is 2.52. The van der Waals surface area contributed by atoms with Gasteiger partial charge in [0.2, 0.25) is 17.7 Å². The number of rotatable bonds is 43. The highest BCUT2D eigenvalue weighted by Gasteiger charge is 2.53. The van der Waals surface area contributed by atoms with Gasteiger partial charge < -0.3 is 123 Å². The Bertz CT molecular complexity index is 1990. The molecular weight excluding hydrogens is 1160 g/mol. The molecule has 3 aliphatic rings. The molecule has 0 aromatic rings. The number of hydrogen-bond acceptors (Lipinski definition) is 27. The monoisotopic (exact) mass is 1250 g/mol. The van der Waals surface area contributed by atoms with Gasteiger partial charge in [0.25, 0.3) is 5.91 Å². The Hall–Kier alpha value is -2.16. The van der Waals surface area contributed by atoms with Crippen molar-refractivity contribution >= 4 is 50.0 Å². The molecule has 0 spiro atoms. The Morgan fingerprint density at radius 1 is 0.695 bits per heavy atom. The number of aliphatic hydroxyl groups is 7. The fourth-order valence-corrected chi connectivity index (χ4v) is 11.3. The maximum Gasteiger partial charge on any atom is 0.471 e. The van der Waals surface area contributed by atoms with Gasteiger partial charge in [-0.05, 0) is 37.5 Å². The minimum Gasteiger partial charge on any atom is -0.394 e. The number of amides is 4. The van der Waals surface area contributed by atoms with Crippen molar-refractivity contribution in [3.8, 4) is 0 Å². The summed E-state index contributed by atoms with van der Waals surface area (Å²) in [7, 11) is -3.57. The second-order valence-corrected chi connectivity index (χ2v) is 23.6. The van der Waals surface area contributed by atoms with Crippen LogP contribution in [0.1, 0.15) is 66.7 Å². The lowest BCUT2D eigenvalue weighted by Crippen LogP contribution is -2.69. The highest BCUT2D eigenvalue weighted by molar-refractivity contribution is 8.07. The van der Waals surface area contributed by atoms with Gasteiger partial charge in [0.05, 0.1) is 123 Å². The third kappa shape index (κ3) is 24.9. The predicted molar refractivity (Wildman–Crippen MR) is 284 cm³/mol. The Morgan fingerprint density at radius 2 is 1.13 bits per heavy atom. The molecule has 15 atom stereocenters. The van der Waals surface area contributed by atoms with Crippen molar-refractivity contribution in [2.45, 2.75) is 151 Å². The van der Waals surface area contributed by atoms with Crippen LogP contribution in [0.5, 0.6) is 0 Å². The molecule has 35 heteroatoms. The average Bonchev–Trinajstić information content (AvgIpc) is 3.38. The molecule has 4 amide bonds. The first-order valence-corrected chi connectivity index (χ1v) is 31.0. The topological polar surface area (TPSA) is 436 Å². The minimum atomic E-state index is -4.53. The minimum absolute atomic E-state index is 0.00682. The third-order valence-electron chi connectivity index (χ3n) is 13.4. The summed E-state index contributed by atoms with van der Waals surface area (Å²) in [6, 6.07) is -3.93. The van der Waals surface area contributed by atoms with Crippen molar-refractivity contribution < 1.29 is 135 Å². The van der Waals surface area contributed by atoms with Crippen LogP contribution < -0.4 is 16.0 Å². The van der Waals surface area contributed by atoms with Gasteiger partial charge in [-0.15, -0.1) is 0 Å². The summed E-state index contributed by atoms with van der Waals surface area (Å²) < 4.78 is 88.9. The van der Waals surface area contributed by atoms with Crippen LogP contribution in [-0.4, -0.2) is 285 Å². The van der Waals surface area contributed by atoms with E-state index in [9.17, 15) is 69.3 Å². The summed E-state index contributed by atoms with van der Waals surface area (Å²) in [4.78, 5) is 72.3. The molecule has 480 valence electrons. The molecular formula is C47H88N4O28P2S. The molecule has 82 heavy (non-hydrogen) atoms. The molecule has 0 saturated carbocycles. The van der Waals surface area contributed by atoms with Crippen LogP contribution in [0.25, 0.3) is 0 Å². The molecule has 3 aliphatic heterocycles. The molecule has 0 aromatic carbocycles. The quantitative estimate of drug-likeness (QED) is 0.0205. The SMILES string of the molecule is CCC(CC)(CC(COP(=O)(O)OC)NC(=O)COCCOCCOCCO[C@@H]1O[C@H](CO)[C@H](O)[C@H](O)[C@H]1NC(C)=O)OP(O)(=S)OCC1CC(O)(CC)N1C(=O)COCCOCCOCCO[C@@H]1O[C@H](CO)[C@H](O)[C@H](O)[C@H]1NC(C)=O. The highest BCUT2D eigenvalue weighted by atomic mass is 32.5. The van der Waals surface area contributed by atoms with E-state index in [0.717, 1.165) is 7.11 Å². The molecule has 12 N–H and O–H groups in total. The molecule has 3 fully saturated rings. The van der Waals surface area contributed by atoms with E-state index in [1.165, 1.54) is 18.7 Å². The van der Waals surface area contributed by atoms with E-state index in [0.29, 0.717) is 0 Å². The number of ether oxygens (including phenoxy) is 10. The van der Waals surface area contributed by atoms with Crippen molar-refractivity contribution in [1.82, 2.24) is 20.9 Å². The number of nitrogens with one attached hydrogen (secondary N) is 3. The molecule has 32 nitrogen and oxygen atoms in total. The number of carbonyl (C=O) groups excluding carboxylic acids is 4. The zero-order valence-electron chi connectivity index (χ0n) is 47.2. The second kappa shape index (κ2) is 37.5. The van der Waals surface area contributed by atoms with Crippen LogP contribution in [0.4, 0.5) is 0 Å². The average molecular weight is 1250 g/mol. The first kappa shape index (κ1) is 74.1. The van der Waals surface area contributed by atoms with E-state index in [-0.39, 0.29) is 118 Å². The van der Waals surface area contributed by atoms with Gasteiger partial charge in [0.15, 0.2) is 12.6 Å². The van der Waals surface area contributed by atoms with Crippen LogP contribution in [0.15, 0.2) is 0 Å². The number of aliphatic hydroxyl groups excluding tert-OH is 6. The predicted octanol–water partition coefficient (Wildman–Crippen LogP) is -3.85. The van der Waals surface area contributed by atoms with Crippen molar-refractivity contribution in [1.29, 1.82) is 0 Å². The molecule has 3 heterocycles. The van der Waals surface area contributed by atoms with E-state index in [1.54, 1.807) is 20.8 Å². The zero-order chi connectivity index (χ0) is 61.1. The maximum absolute atomic E-state index is 13.4. The van der Waals surface area contributed by atoms with Gasteiger partial charge in [-0.3, -0.25) is 28.2 Å². The molecule has 0 aromatic heterocycles. The number of nitrogens with zero attached hydrogens (tertiary/aromatic N) is 1. The summed E-state index contributed by atoms with van der Waals surface area (Å²) in [5.74, 6) is -2.19. The van der Waals surface area contributed by atoms with Gasteiger partial charge in [-0.1, -0.05) is 20.8 Å². The van der Waals surface area contributed by atoms with Gasteiger partial charge in [0, 0.05) is 27.4 Å². The third-order valence-corrected chi connectivity index (χ3v) is 15.9. The standard InChI is InChI=1S/C47H88N4O28P2S/c1-7-46(8-2,22-32(26-75-80(63,64)66-6)50-36(56)28-71-16-14-67-10-12-69-18-20-73-44-38(48-30(4)54)42(60)40(58)34(24-52)77-44)79-81(65,82)76-27-33-23-47(62,9-3)51(33)37(57)29-72-17-15-68-11-13-70-19-21-74-45-39(49-31(5)55)43(61)41(59)35(25-53)78-45/h32-35,38-45,52-53,58-62H,7-29H2,1-6H3,(H,48,54)(H,49,55)(H,50,56)(H,63,64)(H,65,82)/t32?,33?,34-,35-,38-,39-,40+,41+,42-,43-,44-,45-,47?,81?/m1/s1. The van der Waals surface area contributed by atoms with Crippen molar-refractivity contribution in [3.05, 3.63) is 0 Å². The Kier molecular flexibility index (Phi) is 33.9. The smallest absolute Gasteiger partial charge is 0.394 e. The first-order valence-electron chi connectivity index (χ1n) is 26.9. The summed E-state index contributed by atoms with van der Waals surface area (Å²) in [5, 5.41) is 78.8. The molecule has 3 saturated heterocycles. The van der Waals surface area contributed by atoms with Gasteiger partial charge >= 0.3 is 14.5 Å². The van der Waals surface area contributed by atoms with E-state index in [4.69, 9.17) is 72.7 Å². The van der Waals surface area contributed by atoms with Crippen molar-refractivity contribution in [2.24, 2.45) is 0 Å². The van der Waals surface area contributed by atoms with Gasteiger partial charge in [-0.2, -0.15) is 0 Å². The van der Waals surface area contributed by atoms with Crippen LogP contribution >= 0.6 is 14.5 Å². The lowest BCUT2D eigenvalue weighted by Gasteiger charge is -2.54. The molecule has 3 rings (SSSR count). The number of phosphoric acid groups is 1. The van der Waals surface area contributed by atoms with Crippen molar-refractivity contribution in [2.75, 3.05) is 126 Å². The van der Waals surface area contributed by atoms with E-state index >= 15 is 0 Å². The first-order chi connectivity index (χ1) is 38.8. The molecule has 0 aliphatic carbocycles.